The van der Waals surface area contributed by atoms with Crippen LogP contribution in [0.2, 0.25) is 0 Å². The minimum absolute atomic E-state index is 0.0307. The third-order valence-corrected chi connectivity index (χ3v) is 5.37. The summed E-state index contributed by atoms with van der Waals surface area (Å²) < 4.78 is 52.4. The lowest BCUT2D eigenvalue weighted by Gasteiger charge is -2.43. The first-order chi connectivity index (χ1) is 16.1. The van der Waals surface area contributed by atoms with Crippen molar-refractivity contribution in [2.45, 2.75) is 44.2 Å². The first-order valence-corrected chi connectivity index (χ1v) is 11.6. The van der Waals surface area contributed by atoms with E-state index in [0.717, 1.165) is 5.56 Å². The number of hydrogen-bond donors (Lipinski definition) is 3. The van der Waals surface area contributed by atoms with E-state index < -0.39 is 59.5 Å². The molecule has 0 bridgehead atoms. The monoisotopic (exact) mass is 495 g/mol. The van der Waals surface area contributed by atoms with Gasteiger partial charge < -0.3 is 24.6 Å². The molecular weight excluding hydrogens is 470 g/mol. The Morgan fingerprint density at radius 1 is 1.06 bits per heavy atom. The van der Waals surface area contributed by atoms with Gasteiger partial charge in [0.1, 0.15) is 18.2 Å². The standard InChI is InChI=1S/C22H25NO10S/c1-14(24)23-18-20(33-21(26)16-10-6-3-7-11-16)19(25)17(13-31-34(27,28)29)32-22(18)30-12-15-8-4-2-5-9-15/h2-11,17-20,22,25H,12-13H2,1H3,(H,23,24)(H,27,28,29)/t17-,18-,19-,20+,22-/m1/s1. The van der Waals surface area contributed by atoms with Crippen LogP contribution in [0.5, 0.6) is 0 Å². The Morgan fingerprint density at radius 2 is 1.68 bits per heavy atom. The molecule has 34 heavy (non-hydrogen) atoms. The predicted octanol–water partition coefficient (Wildman–Crippen LogP) is 0.839. The van der Waals surface area contributed by atoms with Crippen LogP contribution in [-0.2, 0) is 40.2 Å². The molecule has 1 aliphatic rings. The van der Waals surface area contributed by atoms with Gasteiger partial charge >= 0.3 is 16.4 Å². The third kappa shape index (κ3) is 7.32. The maximum absolute atomic E-state index is 12.7. The van der Waals surface area contributed by atoms with Crippen LogP contribution >= 0.6 is 0 Å². The molecule has 0 aromatic heterocycles. The Balaban J connectivity index is 1.87. The zero-order valence-corrected chi connectivity index (χ0v) is 19.0. The fourth-order valence-electron chi connectivity index (χ4n) is 3.40. The van der Waals surface area contributed by atoms with Crippen LogP contribution in [0.3, 0.4) is 0 Å². The van der Waals surface area contributed by atoms with Crippen molar-refractivity contribution >= 4 is 22.3 Å². The van der Waals surface area contributed by atoms with Crippen LogP contribution in [0, 0.1) is 0 Å². The highest BCUT2D eigenvalue weighted by molar-refractivity contribution is 7.80. The van der Waals surface area contributed by atoms with Crippen LogP contribution < -0.4 is 5.32 Å². The van der Waals surface area contributed by atoms with Crippen molar-refractivity contribution in [2.75, 3.05) is 6.61 Å². The second-order valence-electron chi connectivity index (χ2n) is 7.50. The van der Waals surface area contributed by atoms with Gasteiger partial charge in [-0.1, -0.05) is 48.5 Å². The van der Waals surface area contributed by atoms with Gasteiger partial charge in [-0.05, 0) is 17.7 Å². The van der Waals surface area contributed by atoms with Crippen LogP contribution in [0.1, 0.15) is 22.8 Å². The largest absolute Gasteiger partial charge is 0.453 e. The number of carbonyl (C=O) groups excluding carboxylic acids is 2. The summed E-state index contributed by atoms with van der Waals surface area (Å²) in [4.78, 5) is 24.6. The van der Waals surface area contributed by atoms with E-state index in [9.17, 15) is 23.1 Å². The fraction of sp³-hybridized carbons (Fsp3) is 0.364. The first kappa shape index (κ1) is 25.7. The van der Waals surface area contributed by atoms with E-state index >= 15 is 0 Å². The lowest BCUT2D eigenvalue weighted by molar-refractivity contribution is -0.271. The fourth-order valence-corrected chi connectivity index (χ4v) is 3.70. The van der Waals surface area contributed by atoms with Crippen LogP contribution in [0.25, 0.3) is 0 Å². The smallest absolute Gasteiger partial charge is 0.397 e. The van der Waals surface area contributed by atoms with Gasteiger partial charge in [-0.2, -0.15) is 8.42 Å². The van der Waals surface area contributed by atoms with E-state index in [1.165, 1.54) is 19.1 Å². The number of benzene rings is 2. The first-order valence-electron chi connectivity index (χ1n) is 10.3. The van der Waals surface area contributed by atoms with Gasteiger partial charge in [-0.25, -0.2) is 8.98 Å². The molecule has 0 aliphatic carbocycles. The van der Waals surface area contributed by atoms with E-state index in [2.05, 4.69) is 9.50 Å². The van der Waals surface area contributed by atoms with Crippen LogP contribution in [-0.4, -0.2) is 67.2 Å². The molecule has 0 unspecified atom stereocenters. The Hall–Kier alpha value is -2.87. The molecule has 12 heteroatoms. The maximum Gasteiger partial charge on any atom is 0.397 e. The molecule has 5 atom stereocenters. The van der Waals surface area contributed by atoms with Gasteiger partial charge in [0.15, 0.2) is 12.4 Å². The Bertz CT molecular complexity index is 1060. The van der Waals surface area contributed by atoms with Gasteiger partial charge in [0.05, 0.1) is 18.8 Å². The second-order valence-corrected chi connectivity index (χ2v) is 8.60. The molecule has 1 heterocycles. The van der Waals surface area contributed by atoms with Crippen molar-refractivity contribution in [1.29, 1.82) is 0 Å². The summed E-state index contributed by atoms with van der Waals surface area (Å²) in [6, 6.07) is 15.8. The van der Waals surface area contributed by atoms with Crippen LogP contribution in [0.4, 0.5) is 0 Å². The average molecular weight is 496 g/mol. The third-order valence-electron chi connectivity index (χ3n) is 4.93. The molecule has 3 N–H and O–H groups in total. The summed E-state index contributed by atoms with van der Waals surface area (Å²) in [5, 5.41) is 13.4. The number of nitrogens with one attached hydrogen (secondary N) is 1. The summed E-state index contributed by atoms with van der Waals surface area (Å²) >= 11 is 0. The highest BCUT2D eigenvalue weighted by Gasteiger charge is 2.49. The molecule has 11 nitrogen and oxygen atoms in total. The Morgan fingerprint density at radius 3 is 2.26 bits per heavy atom. The molecule has 0 radical (unpaired) electrons. The molecule has 1 amide bonds. The number of esters is 1. The van der Waals surface area contributed by atoms with Crippen molar-refractivity contribution in [3.05, 3.63) is 71.8 Å². The molecule has 1 fully saturated rings. The van der Waals surface area contributed by atoms with Crippen molar-refractivity contribution in [3.8, 4) is 0 Å². The summed E-state index contributed by atoms with van der Waals surface area (Å²) in [5.41, 5.74) is 0.956. The molecule has 0 spiro atoms. The van der Waals surface area contributed by atoms with E-state index in [-0.39, 0.29) is 12.2 Å². The van der Waals surface area contributed by atoms with Gasteiger partial charge in [0.25, 0.3) is 0 Å². The van der Waals surface area contributed by atoms with E-state index in [1.807, 2.05) is 6.07 Å². The summed E-state index contributed by atoms with van der Waals surface area (Å²) in [7, 11) is -4.85. The van der Waals surface area contributed by atoms with Crippen molar-refractivity contribution < 1.29 is 46.1 Å². The number of rotatable bonds is 9. The minimum Gasteiger partial charge on any atom is -0.453 e. The number of ether oxygens (including phenoxy) is 3. The van der Waals surface area contributed by atoms with Crippen molar-refractivity contribution in [2.24, 2.45) is 0 Å². The molecule has 1 saturated heterocycles. The van der Waals surface area contributed by atoms with Gasteiger partial charge in [0, 0.05) is 6.92 Å². The van der Waals surface area contributed by atoms with Gasteiger partial charge in [-0.15, -0.1) is 0 Å². The highest BCUT2D eigenvalue weighted by atomic mass is 32.3. The summed E-state index contributed by atoms with van der Waals surface area (Å²) in [5.74, 6) is -1.30. The van der Waals surface area contributed by atoms with E-state index in [0.29, 0.717) is 0 Å². The topological polar surface area (TPSA) is 158 Å². The van der Waals surface area contributed by atoms with Crippen molar-refractivity contribution in [3.63, 3.8) is 0 Å². The second kappa shape index (κ2) is 11.5. The quantitative estimate of drug-likeness (QED) is 0.336. The maximum atomic E-state index is 12.7. The molecule has 0 saturated carbocycles. The van der Waals surface area contributed by atoms with Gasteiger partial charge in [-0.3, -0.25) is 9.35 Å². The Kier molecular flexibility index (Phi) is 8.72. The number of aliphatic hydroxyl groups excluding tert-OH is 1. The number of amides is 1. The lowest BCUT2D eigenvalue weighted by atomic mass is 9.96. The molecular formula is C22H25NO10S. The number of aliphatic hydroxyl groups is 1. The molecule has 2 aromatic rings. The Labute approximate surface area is 196 Å². The van der Waals surface area contributed by atoms with Crippen molar-refractivity contribution in [1.82, 2.24) is 5.32 Å². The van der Waals surface area contributed by atoms with E-state index in [4.69, 9.17) is 18.8 Å². The molecule has 2 aromatic carbocycles. The average Bonchev–Trinajstić information content (AvgIpc) is 2.80. The lowest BCUT2D eigenvalue weighted by Crippen LogP contribution is -2.65. The van der Waals surface area contributed by atoms with Gasteiger partial charge in [0.2, 0.25) is 5.91 Å². The molecule has 1 aliphatic heterocycles. The predicted molar refractivity (Wildman–Crippen MR) is 117 cm³/mol. The molecule has 3 rings (SSSR count). The van der Waals surface area contributed by atoms with E-state index in [1.54, 1.807) is 42.5 Å². The number of carbonyl (C=O) groups is 2. The zero-order valence-electron chi connectivity index (χ0n) is 18.1. The van der Waals surface area contributed by atoms with Crippen LogP contribution in [0.15, 0.2) is 60.7 Å². The zero-order chi connectivity index (χ0) is 24.7. The molecule has 184 valence electrons. The highest BCUT2D eigenvalue weighted by Crippen LogP contribution is 2.27. The summed E-state index contributed by atoms with van der Waals surface area (Å²) in [6.45, 7) is 0.463. The normalized spacial score (nSPS) is 24.9. The minimum atomic E-state index is -4.85. The number of hydrogen-bond acceptors (Lipinski definition) is 9. The SMILES string of the molecule is CC(=O)N[C@H]1[C@H](OCc2ccccc2)O[C@H](COS(=O)(=O)O)[C@@H](O)[C@H]1OC(=O)c1ccccc1. The summed E-state index contributed by atoms with van der Waals surface area (Å²) in [6.07, 6.45) is -5.69.